The molecule has 3 rings (SSSR count). The molecule has 0 spiro atoms. The molecule has 0 aliphatic rings. The Balaban J connectivity index is 2.22. The highest BCUT2D eigenvalue weighted by atomic mass is 32.1. The van der Waals surface area contributed by atoms with E-state index in [0.29, 0.717) is 0 Å². The number of benzene rings is 1. The summed E-state index contributed by atoms with van der Waals surface area (Å²) in [5.41, 5.74) is 8.48. The first-order valence-electron chi connectivity index (χ1n) is 4.63. The van der Waals surface area contributed by atoms with Crippen molar-refractivity contribution < 1.29 is 0 Å². The van der Waals surface area contributed by atoms with Crippen LogP contribution in [-0.2, 0) is 0 Å². The molecule has 0 aliphatic carbocycles. The van der Waals surface area contributed by atoms with Gasteiger partial charge in [-0.3, -0.25) is 0 Å². The molecule has 0 aliphatic heterocycles. The maximum atomic E-state index is 5.71. The minimum Gasteiger partial charge on any atom is -0.399 e. The van der Waals surface area contributed by atoms with E-state index in [4.69, 9.17) is 5.73 Å². The van der Waals surface area contributed by atoms with Gasteiger partial charge in [-0.15, -0.1) is 11.3 Å². The number of nitrogens with zero attached hydrogens (tertiary/aromatic N) is 1. The molecular formula is C11H9N3S. The molecule has 0 radical (unpaired) electrons. The summed E-state index contributed by atoms with van der Waals surface area (Å²) in [5.74, 6) is 0. The third-order valence-corrected chi connectivity index (χ3v) is 3.31. The third kappa shape index (κ3) is 1.39. The van der Waals surface area contributed by atoms with Crippen LogP contribution in [-0.4, -0.2) is 9.97 Å². The molecule has 0 bridgehead atoms. The molecule has 0 unspecified atom stereocenters. The molecule has 74 valence electrons. The van der Waals surface area contributed by atoms with Crippen molar-refractivity contribution in [3.05, 3.63) is 36.5 Å². The number of H-pyrrole nitrogens is 1. The average molecular weight is 215 g/mol. The fourth-order valence-electron chi connectivity index (χ4n) is 1.52. The van der Waals surface area contributed by atoms with Crippen LogP contribution < -0.4 is 5.73 Å². The number of nitrogens with one attached hydrogen (secondary N) is 1. The molecule has 0 saturated heterocycles. The van der Waals surface area contributed by atoms with E-state index in [1.165, 1.54) is 0 Å². The average Bonchev–Trinajstić information content (AvgIpc) is 2.84. The number of rotatable bonds is 1. The zero-order chi connectivity index (χ0) is 10.3. The number of anilines is 1. The van der Waals surface area contributed by atoms with Crippen LogP contribution in [0.25, 0.3) is 20.9 Å². The Morgan fingerprint density at radius 3 is 3.00 bits per heavy atom. The summed E-state index contributed by atoms with van der Waals surface area (Å²) in [7, 11) is 0. The SMILES string of the molecule is Nc1ccc2sc(-c3ccc[nH]3)nc2c1. The predicted molar refractivity (Wildman–Crippen MR) is 63.8 cm³/mol. The minimum absolute atomic E-state index is 0.755. The number of aromatic amines is 1. The summed E-state index contributed by atoms with van der Waals surface area (Å²) in [6.45, 7) is 0. The number of aromatic nitrogens is 2. The maximum Gasteiger partial charge on any atom is 0.140 e. The van der Waals surface area contributed by atoms with Crippen molar-refractivity contribution in [1.82, 2.24) is 9.97 Å². The standard InChI is InChI=1S/C11H9N3S/c12-7-3-4-10-9(6-7)14-11(15-10)8-2-1-5-13-8/h1-6,13H,12H2. The lowest BCUT2D eigenvalue weighted by atomic mass is 10.3. The van der Waals surface area contributed by atoms with Crippen molar-refractivity contribution in [3.63, 3.8) is 0 Å². The fourth-order valence-corrected chi connectivity index (χ4v) is 2.46. The second kappa shape index (κ2) is 3.10. The Bertz CT molecular complexity index is 595. The van der Waals surface area contributed by atoms with E-state index >= 15 is 0 Å². The van der Waals surface area contributed by atoms with Crippen LogP contribution in [0.1, 0.15) is 0 Å². The summed E-state index contributed by atoms with van der Waals surface area (Å²) in [5, 5.41) is 1.00. The Kier molecular flexibility index (Phi) is 1.76. The summed E-state index contributed by atoms with van der Waals surface area (Å²) in [4.78, 5) is 7.67. The van der Waals surface area contributed by atoms with Gasteiger partial charge < -0.3 is 10.7 Å². The lowest BCUT2D eigenvalue weighted by Crippen LogP contribution is -1.82. The van der Waals surface area contributed by atoms with Gasteiger partial charge in [0.2, 0.25) is 0 Å². The Hall–Kier alpha value is -1.81. The van der Waals surface area contributed by atoms with Gasteiger partial charge in [0.25, 0.3) is 0 Å². The molecular weight excluding hydrogens is 206 g/mol. The van der Waals surface area contributed by atoms with Gasteiger partial charge in [0, 0.05) is 11.9 Å². The van der Waals surface area contributed by atoms with E-state index in [-0.39, 0.29) is 0 Å². The Labute approximate surface area is 90.6 Å². The molecule has 0 fully saturated rings. The van der Waals surface area contributed by atoms with Crippen molar-refractivity contribution in [3.8, 4) is 10.7 Å². The van der Waals surface area contributed by atoms with Crippen molar-refractivity contribution in [2.45, 2.75) is 0 Å². The number of nitrogens with two attached hydrogens (primary N) is 1. The van der Waals surface area contributed by atoms with Gasteiger partial charge in [-0.25, -0.2) is 4.98 Å². The summed E-state index contributed by atoms with van der Waals surface area (Å²) in [6.07, 6.45) is 1.90. The van der Waals surface area contributed by atoms with E-state index in [2.05, 4.69) is 9.97 Å². The monoisotopic (exact) mass is 215 g/mol. The number of hydrogen-bond acceptors (Lipinski definition) is 3. The number of fused-ring (bicyclic) bond motifs is 1. The van der Waals surface area contributed by atoms with E-state index in [0.717, 1.165) is 26.6 Å². The second-order valence-corrected chi connectivity index (χ2v) is 4.36. The predicted octanol–water partition coefficient (Wildman–Crippen LogP) is 2.87. The molecule has 4 heteroatoms. The van der Waals surface area contributed by atoms with Gasteiger partial charge >= 0.3 is 0 Å². The first kappa shape index (κ1) is 8.49. The van der Waals surface area contributed by atoms with Gasteiger partial charge in [0.1, 0.15) is 5.01 Å². The molecule has 3 aromatic rings. The molecule has 1 aromatic carbocycles. The Morgan fingerprint density at radius 2 is 2.20 bits per heavy atom. The molecule has 0 amide bonds. The van der Waals surface area contributed by atoms with Gasteiger partial charge in [0.15, 0.2) is 0 Å². The molecule has 2 aromatic heterocycles. The number of nitrogen functional groups attached to an aromatic ring is 1. The van der Waals surface area contributed by atoms with Crippen LogP contribution in [0, 0.1) is 0 Å². The van der Waals surface area contributed by atoms with Gasteiger partial charge in [-0.05, 0) is 30.3 Å². The van der Waals surface area contributed by atoms with Gasteiger partial charge in [-0.1, -0.05) is 0 Å². The quantitative estimate of drug-likeness (QED) is 0.613. The highest BCUT2D eigenvalue weighted by molar-refractivity contribution is 7.21. The molecule has 3 N–H and O–H groups in total. The first-order chi connectivity index (χ1) is 7.33. The second-order valence-electron chi connectivity index (χ2n) is 3.33. The fraction of sp³-hybridized carbons (Fsp3) is 0. The number of thiazole rings is 1. The number of hydrogen-bond donors (Lipinski definition) is 2. The maximum absolute atomic E-state index is 5.71. The smallest absolute Gasteiger partial charge is 0.140 e. The molecule has 3 nitrogen and oxygen atoms in total. The molecule has 0 atom stereocenters. The van der Waals surface area contributed by atoms with E-state index < -0.39 is 0 Å². The van der Waals surface area contributed by atoms with Crippen LogP contribution in [0.5, 0.6) is 0 Å². The van der Waals surface area contributed by atoms with Crippen molar-refractivity contribution in [1.29, 1.82) is 0 Å². The molecule has 15 heavy (non-hydrogen) atoms. The zero-order valence-electron chi connectivity index (χ0n) is 7.90. The van der Waals surface area contributed by atoms with Crippen LogP contribution in [0.2, 0.25) is 0 Å². The first-order valence-corrected chi connectivity index (χ1v) is 5.44. The van der Waals surface area contributed by atoms with E-state index in [1.807, 2.05) is 36.5 Å². The zero-order valence-corrected chi connectivity index (χ0v) is 8.71. The molecule has 0 saturated carbocycles. The molecule has 2 heterocycles. The third-order valence-electron chi connectivity index (χ3n) is 2.24. The van der Waals surface area contributed by atoms with Gasteiger partial charge in [-0.2, -0.15) is 0 Å². The van der Waals surface area contributed by atoms with E-state index in [1.54, 1.807) is 11.3 Å². The van der Waals surface area contributed by atoms with Crippen molar-refractivity contribution in [2.75, 3.05) is 5.73 Å². The highest BCUT2D eigenvalue weighted by Crippen LogP contribution is 2.29. The largest absolute Gasteiger partial charge is 0.399 e. The van der Waals surface area contributed by atoms with Gasteiger partial charge in [0.05, 0.1) is 15.9 Å². The lowest BCUT2D eigenvalue weighted by Gasteiger charge is -1.89. The van der Waals surface area contributed by atoms with E-state index in [9.17, 15) is 0 Å². The highest BCUT2D eigenvalue weighted by Gasteiger charge is 2.06. The van der Waals surface area contributed by atoms with Crippen LogP contribution in [0.3, 0.4) is 0 Å². The normalized spacial score (nSPS) is 10.9. The topological polar surface area (TPSA) is 54.7 Å². The lowest BCUT2D eigenvalue weighted by molar-refractivity contribution is 1.37. The summed E-state index contributed by atoms with van der Waals surface area (Å²) < 4.78 is 1.16. The van der Waals surface area contributed by atoms with Crippen LogP contribution in [0.4, 0.5) is 5.69 Å². The minimum atomic E-state index is 0.755. The van der Waals surface area contributed by atoms with Crippen molar-refractivity contribution in [2.24, 2.45) is 0 Å². The van der Waals surface area contributed by atoms with Crippen LogP contribution in [0.15, 0.2) is 36.5 Å². The summed E-state index contributed by atoms with van der Waals surface area (Å²) >= 11 is 1.67. The van der Waals surface area contributed by atoms with Crippen LogP contribution >= 0.6 is 11.3 Å². The Morgan fingerprint density at radius 1 is 1.27 bits per heavy atom. The summed E-state index contributed by atoms with van der Waals surface area (Å²) in [6, 6.07) is 9.79. The van der Waals surface area contributed by atoms with Crippen molar-refractivity contribution >= 4 is 27.2 Å².